The fraction of sp³-hybridized carbons (Fsp3) is 0.500. The maximum absolute atomic E-state index is 12.1. The molecule has 0 saturated carbocycles. The van der Waals surface area contributed by atoms with E-state index in [1.807, 2.05) is 0 Å². The van der Waals surface area contributed by atoms with Gasteiger partial charge in [0.2, 0.25) is 0 Å². The number of alkyl carbamates (subject to hydrolysis) is 1. The number of hydrogen-bond donors (Lipinski definition) is 2. The number of pyridine rings is 1. The van der Waals surface area contributed by atoms with Crippen molar-refractivity contribution in [3.05, 3.63) is 18.3 Å². The average Bonchev–Trinajstić information content (AvgIpc) is 2.52. The Kier molecular flexibility index (Phi) is 5.45. The van der Waals surface area contributed by atoms with Crippen LogP contribution in [-0.4, -0.2) is 47.8 Å². The lowest BCUT2D eigenvalue weighted by Crippen LogP contribution is -2.49. The lowest BCUT2D eigenvalue weighted by molar-refractivity contribution is -0.144. The molecule has 2 heterocycles. The smallest absolute Gasteiger partial charge is 0.408 e. The fourth-order valence-electron chi connectivity index (χ4n) is 2.16. The van der Waals surface area contributed by atoms with Gasteiger partial charge in [-0.3, -0.25) is 4.79 Å². The Bertz CT molecular complexity index is 670. The first-order chi connectivity index (χ1) is 11.7. The van der Waals surface area contributed by atoms with Crippen LogP contribution in [0, 0.1) is 0 Å². The van der Waals surface area contributed by atoms with Gasteiger partial charge in [0.05, 0.1) is 7.11 Å². The van der Waals surface area contributed by atoms with Gasteiger partial charge < -0.3 is 24.8 Å². The van der Waals surface area contributed by atoms with Crippen LogP contribution in [0.15, 0.2) is 18.3 Å². The van der Waals surface area contributed by atoms with Crippen molar-refractivity contribution in [1.82, 2.24) is 10.3 Å². The monoisotopic (exact) mass is 351 g/mol. The molecule has 2 atom stereocenters. The molecule has 0 radical (unpaired) electrons. The highest BCUT2D eigenvalue weighted by atomic mass is 16.6. The fourth-order valence-corrected chi connectivity index (χ4v) is 2.16. The first-order valence-electron chi connectivity index (χ1n) is 7.69. The molecule has 0 saturated heterocycles. The molecule has 136 valence electrons. The second kappa shape index (κ2) is 7.37. The van der Waals surface area contributed by atoms with Crippen molar-refractivity contribution in [2.75, 3.05) is 12.4 Å². The molecule has 2 N–H and O–H groups in total. The number of methoxy groups -OCH3 is 1. The van der Waals surface area contributed by atoms with Crippen LogP contribution in [0.25, 0.3) is 0 Å². The summed E-state index contributed by atoms with van der Waals surface area (Å²) in [4.78, 5) is 40.0. The molecule has 1 aliphatic heterocycles. The first-order valence-corrected chi connectivity index (χ1v) is 7.69. The van der Waals surface area contributed by atoms with Crippen LogP contribution >= 0.6 is 0 Å². The maximum atomic E-state index is 12.1. The lowest BCUT2D eigenvalue weighted by atomic mass is 10.1. The Morgan fingerprint density at radius 1 is 1.44 bits per heavy atom. The van der Waals surface area contributed by atoms with E-state index in [0.29, 0.717) is 11.6 Å². The zero-order valence-corrected chi connectivity index (χ0v) is 14.5. The predicted molar refractivity (Wildman–Crippen MR) is 87.1 cm³/mol. The quantitative estimate of drug-likeness (QED) is 0.784. The first kappa shape index (κ1) is 18.5. The van der Waals surface area contributed by atoms with Crippen LogP contribution in [0.5, 0.6) is 5.75 Å². The number of aromatic nitrogens is 1. The molecule has 0 bridgehead atoms. The van der Waals surface area contributed by atoms with Gasteiger partial charge in [-0.05, 0) is 32.9 Å². The Hall–Kier alpha value is -2.84. The number of anilines is 1. The van der Waals surface area contributed by atoms with E-state index in [-0.39, 0.29) is 6.42 Å². The molecule has 9 heteroatoms. The summed E-state index contributed by atoms with van der Waals surface area (Å²) < 4.78 is 15.4. The predicted octanol–water partition coefficient (Wildman–Crippen LogP) is 1.24. The van der Waals surface area contributed by atoms with E-state index in [0.717, 1.165) is 0 Å². The number of fused-ring (bicyclic) bond motifs is 1. The van der Waals surface area contributed by atoms with Gasteiger partial charge in [-0.25, -0.2) is 14.6 Å². The molecule has 25 heavy (non-hydrogen) atoms. The van der Waals surface area contributed by atoms with E-state index in [4.69, 9.17) is 9.47 Å². The summed E-state index contributed by atoms with van der Waals surface area (Å²) in [5, 5.41) is 5.00. The highest BCUT2D eigenvalue weighted by Crippen LogP contribution is 2.27. The third kappa shape index (κ3) is 5.07. The molecule has 0 aromatic carbocycles. The number of rotatable bonds is 4. The van der Waals surface area contributed by atoms with Gasteiger partial charge in [0, 0.05) is 12.6 Å². The number of nitrogens with one attached hydrogen (secondary N) is 2. The van der Waals surface area contributed by atoms with Crippen molar-refractivity contribution in [2.24, 2.45) is 0 Å². The van der Waals surface area contributed by atoms with Gasteiger partial charge >= 0.3 is 12.1 Å². The number of esters is 1. The number of hydrogen-bond acceptors (Lipinski definition) is 7. The normalized spacial score (nSPS) is 17.4. The number of ether oxygens (including phenoxy) is 3. The van der Waals surface area contributed by atoms with Gasteiger partial charge in [0.25, 0.3) is 5.91 Å². The summed E-state index contributed by atoms with van der Waals surface area (Å²) in [6, 6.07) is 2.20. The van der Waals surface area contributed by atoms with E-state index < -0.39 is 35.7 Å². The average molecular weight is 351 g/mol. The minimum absolute atomic E-state index is 0.119. The van der Waals surface area contributed by atoms with E-state index in [1.165, 1.54) is 13.3 Å². The second-order valence-corrected chi connectivity index (χ2v) is 6.40. The molecular formula is C16H21N3O6. The van der Waals surface area contributed by atoms with Crippen molar-refractivity contribution < 1.29 is 28.6 Å². The SMILES string of the molecule is COC(=O)[C@H](C[C@@H]1Oc2cccnc2NC1=O)NC(=O)OC(C)(C)C. The molecule has 0 fully saturated rings. The number of nitrogens with zero attached hydrogens (tertiary/aromatic N) is 1. The Morgan fingerprint density at radius 3 is 2.80 bits per heavy atom. The van der Waals surface area contributed by atoms with Gasteiger partial charge in [-0.2, -0.15) is 0 Å². The van der Waals surface area contributed by atoms with E-state index in [2.05, 4.69) is 20.4 Å². The van der Waals surface area contributed by atoms with Crippen molar-refractivity contribution in [1.29, 1.82) is 0 Å². The van der Waals surface area contributed by atoms with Crippen LogP contribution in [-0.2, 0) is 19.1 Å². The van der Waals surface area contributed by atoms with Crippen LogP contribution in [0.2, 0.25) is 0 Å². The van der Waals surface area contributed by atoms with Gasteiger partial charge in [-0.1, -0.05) is 0 Å². The lowest BCUT2D eigenvalue weighted by Gasteiger charge is -2.28. The minimum Gasteiger partial charge on any atom is -0.477 e. The van der Waals surface area contributed by atoms with Crippen molar-refractivity contribution in [2.45, 2.75) is 44.9 Å². The minimum atomic E-state index is -1.10. The molecule has 2 rings (SSSR count). The highest BCUT2D eigenvalue weighted by molar-refractivity contribution is 5.97. The van der Waals surface area contributed by atoms with Crippen molar-refractivity contribution in [3.8, 4) is 5.75 Å². The van der Waals surface area contributed by atoms with Crippen LogP contribution in [0.4, 0.5) is 10.6 Å². The van der Waals surface area contributed by atoms with Gasteiger partial charge in [-0.15, -0.1) is 0 Å². The summed E-state index contributed by atoms with van der Waals surface area (Å²) >= 11 is 0. The largest absolute Gasteiger partial charge is 0.477 e. The number of carbonyl (C=O) groups excluding carboxylic acids is 3. The molecule has 1 aliphatic rings. The topological polar surface area (TPSA) is 116 Å². The van der Waals surface area contributed by atoms with Crippen molar-refractivity contribution >= 4 is 23.8 Å². The summed E-state index contributed by atoms with van der Waals surface area (Å²) in [5.41, 5.74) is -0.728. The molecule has 9 nitrogen and oxygen atoms in total. The number of amides is 2. The summed E-state index contributed by atoms with van der Waals surface area (Å²) in [6.45, 7) is 5.09. The molecule has 1 aromatic heterocycles. The summed E-state index contributed by atoms with van der Waals surface area (Å²) in [7, 11) is 1.19. The maximum Gasteiger partial charge on any atom is 0.408 e. The van der Waals surface area contributed by atoms with Gasteiger partial charge in [0.15, 0.2) is 17.7 Å². The molecule has 0 spiro atoms. The highest BCUT2D eigenvalue weighted by Gasteiger charge is 2.35. The standard InChI is InChI=1S/C16H21N3O6/c1-16(2,3)25-15(22)18-9(14(21)23-4)8-11-13(20)19-12-10(24-11)6-5-7-17-12/h5-7,9,11H,8H2,1-4H3,(H,18,22)(H,17,19,20)/t9-,11-/m0/s1. The molecule has 0 aliphatic carbocycles. The third-order valence-corrected chi connectivity index (χ3v) is 3.20. The van der Waals surface area contributed by atoms with Crippen molar-refractivity contribution in [3.63, 3.8) is 0 Å². The van der Waals surface area contributed by atoms with Gasteiger partial charge in [0.1, 0.15) is 11.6 Å². The summed E-state index contributed by atoms with van der Waals surface area (Å²) in [5.74, 6) is -0.489. The molecular weight excluding hydrogens is 330 g/mol. The van der Waals surface area contributed by atoms with E-state index in [1.54, 1.807) is 32.9 Å². The zero-order valence-electron chi connectivity index (χ0n) is 14.5. The molecule has 0 unspecified atom stereocenters. The van der Waals surface area contributed by atoms with E-state index >= 15 is 0 Å². The summed E-state index contributed by atoms with van der Waals surface area (Å²) in [6.07, 6.45) is -0.382. The molecule has 2 amide bonds. The molecule has 1 aromatic rings. The van der Waals surface area contributed by atoms with Crippen LogP contribution in [0.1, 0.15) is 27.2 Å². The Morgan fingerprint density at radius 2 is 2.16 bits per heavy atom. The van der Waals surface area contributed by atoms with Crippen LogP contribution in [0.3, 0.4) is 0 Å². The second-order valence-electron chi connectivity index (χ2n) is 6.40. The Labute approximate surface area is 145 Å². The van der Waals surface area contributed by atoms with E-state index in [9.17, 15) is 14.4 Å². The number of carbonyl (C=O) groups is 3. The third-order valence-electron chi connectivity index (χ3n) is 3.20. The van der Waals surface area contributed by atoms with Crippen LogP contribution < -0.4 is 15.4 Å². The zero-order chi connectivity index (χ0) is 18.6. The Balaban J connectivity index is 2.08.